The Bertz CT molecular complexity index is 1470. The highest BCUT2D eigenvalue weighted by molar-refractivity contribution is 6.52. The number of anilines is 2. The van der Waals surface area contributed by atoms with E-state index in [0.717, 1.165) is 0 Å². The molecule has 3 aromatic carbocycles. The molecule has 196 valence electrons. The molecule has 9 nitrogen and oxygen atoms in total. The first-order valence-corrected chi connectivity index (χ1v) is 11.8. The van der Waals surface area contributed by atoms with Gasteiger partial charge in [-0.1, -0.05) is 35.9 Å². The van der Waals surface area contributed by atoms with E-state index in [1.807, 2.05) is 0 Å². The van der Waals surface area contributed by atoms with Crippen LogP contribution in [0.4, 0.5) is 11.4 Å². The first-order valence-electron chi connectivity index (χ1n) is 11.4. The Morgan fingerprint density at radius 3 is 2.26 bits per heavy atom. The number of para-hydroxylation sites is 1. The molecule has 4 rings (SSSR count). The van der Waals surface area contributed by atoms with Crippen LogP contribution in [-0.4, -0.2) is 44.0 Å². The molecule has 0 aliphatic carbocycles. The van der Waals surface area contributed by atoms with E-state index in [2.05, 4.69) is 5.32 Å². The number of aliphatic hydroxyl groups is 1. The number of carbonyl (C=O) groups is 3. The Morgan fingerprint density at radius 2 is 1.61 bits per heavy atom. The maximum Gasteiger partial charge on any atom is 0.300 e. The van der Waals surface area contributed by atoms with Crippen LogP contribution < -0.4 is 24.4 Å². The number of nitrogens with one attached hydrogen (secondary N) is 1. The number of methoxy groups -OCH3 is 3. The Morgan fingerprint density at radius 1 is 0.921 bits per heavy atom. The normalized spacial score (nSPS) is 16.3. The van der Waals surface area contributed by atoms with E-state index in [1.54, 1.807) is 48.5 Å². The lowest BCUT2D eigenvalue weighted by molar-refractivity contribution is -0.132. The van der Waals surface area contributed by atoms with E-state index in [4.69, 9.17) is 25.8 Å². The maximum atomic E-state index is 13.5. The molecule has 1 aliphatic heterocycles. The fraction of sp³-hybridized carbons (Fsp3) is 0.179. The van der Waals surface area contributed by atoms with Gasteiger partial charge in [0, 0.05) is 29.9 Å². The second-order valence-electron chi connectivity index (χ2n) is 8.33. The highest BCUT2D eigenvalue weighted by atomic mass is 35.5. The van der Waals surface area contributed by atoms with Crippen molar-refractivity contribution >= 4 is 46.3 Å². The second-order valence-corrected chi connectivity index (χ2v) is 8.74. The highest BCUT2D eigenvalue weighted by Crippen LogP contribution is 2.47. The largest absolute Gasteiger partial charge is 0.507 e. The molecule has 1 saturated heterocycles. The standard InChI is InChI=1S/C28H25ClN2O7/c1-15(32)30-16-8-7-9-17(12-16)31-25(18-10-5-6-11-21(18)36-2)24(27(34)28(31)35)26(33)19-13-20(29)23(38-4)14-22(19)37-3/h5-14,25,33H,1-4H3,(H,30,32)/b26-24+. The van der Waals surface area contributed by atoms with Gasteiger partial charge in [0.1, 0.15) is 23.0 Å². The zero-order valence-electron chi connectivity index (χ0n) is 21.1. The third-order valence-electron chi connectivity index (χ3n) is 6.05. The van der Waals surface area contributed by atoms with Gasteiger partial charge < -0.3 is 24.6 Å². The first kappa shape index (κ1) is 26.6. The molecule has 0 bridgehead atoms. The van der Waals surface area contributed by atoms with Crippen LogP contribution in [0.3, 0.4) is 0 Å². The van der Waals surface area contributed by atoms with Crippen molar-refractivity contribution in [2.24, 2.45) is 0 Å². The summed E-state index contributed by atoms with van der Waals surface area (Å²) in [5.41, 5.74) is 1.12. The molecule has 2 amide bonds. The van der Waals surface area contributed by atoms with Crippen LogP contribution in [0, 0.1) is 0 Å². The molecule has 1 fully saturated rings. The average molecular weight is 537 g/mol. The third kappa shape index (κ3) is 4.76. The highest BCUT2D eigenvalue weighted by Gasteiger charge is 2.48. The van der Waals surface area contributed by atoms with Crippen LogP contribution >= 0.6 is 11.6 Å². The molecule has 0 spiro atoms. The lowest BCUT2D eigenvalue weighted by Gasteiger charge is -2.27. The van der Waals surface area contributed by atoms with Crippen LogP contribution in [0.25, 0.3) is 5.76 Å². The topological polar surface area (TPSA) is 114 Å². The van der Waals surface area contributed by atoms with Crippen molar-refractivity contribution in [1.82, 2.24) is 0 Å². The van der Waals surface area contributed by atoms with Gasteiger partial charge in [-0.25, -0.2) is 0 Å². The quantitative estimate of drug-likeness (QED) is 0.249. The zero-order chi connectivity index (χ0) is 27.6. The Balaban J connectivity index is 2.00. The van der Waals surface area contributed by atoms with Crippen molar-refractivity contribution in [3.05, 3.63) is 82.4 Å². The van der Waals surface area contributed by atoms with Gasteiger partial charge in [-0.15, -0.1) is 0 Å². The molecular weight excluding hydrogens is 512 g/mol. The van der Waals surface area contributed by atoms with E-state index >= 15 is 0 Å². The fourth-order valence-corrected chi connectivity index (χ4v) is 4.65. The van der Waals surface area contributed by atoms with Crippen molar-refractivity contribution in [3.8, 4) is 17.2 Å². The van der Waals surface area contributed by atoms with Crippen molar-refractivity contribution in [2.45, 2.75) is 13.0 Å². The lowest BCUT2D eigenvalue weighted by Crippen LogP contribution is -2.29. The molecule has 1 unspecified atom stereocenters. The minimum Gasteiger partial charge on any atom is -0.507 e. The fourth-order valence-electron chi connectivity index (χ4n) is 4.41. The van der Waals surface area contributed by atoms with Crippen LogP contribution in [0.2, 0.25) is 5.02 Å². The monoisotopic (exact) mass is 536 g/mol. The van der Waals surface area contributed by atoms with E-state index in [1.165, 1.54) is 45.3 Å². The average Bonchev–Trinajstić information content (AvgIpc) is 3.17. The maximum absolute atomic E-state index is 13.5. The summed E-state index contributed by atoms with van der Waals surface area (Å²) >= 11 is 6.33. The molecule has 3 aromatic rings. The molecular formula is C28H25ClN2O7. The number of hydrogen-bond donors (Lipinski definition) is 2. The van der Waals surface area contributed by atoms with Crippen LogP contribution in [-0.2, 0) is 14.4 Å². The molecule has 0 radical (unpaired) electrons. The second kappa shape index (κ2) is 10.9. The Labute approximate surface area is 224 Å². The summed E-state index contributed by atoms with van der Waals surface area (Å²) < 4.78 is 16.2. The van der Waals surface area contributed by atoms with Crippen molar-refractivity contribution in [3.63, 3.8) is 0 Å². The molecule has 1 heterocycles. The van der Waals surface area contributed by atoms with Crippen molar-refractivity contribution in [1.29, 1.82) is 0 Å². The molecule has 0 aromatic heterocycles. The lowest BCUT2D eigenvalue weighted by atomic mass is 9.94. The minimum atomic E-state index is -1.08. The number of carbonyl (C=O) groups excluding carboxylic acids is 3. The van der Waals surface area contributed by atoms with Crippen LogP contribution in [0.1, 0.15) is 24.1 Å². The van der Waals surface area contributed by atoms with Gasteiger partial charge in [-0.2, -0.15) is 0 Å². The molecule has 0 saturated carbocycles. The first-order chi connectivity index (χ1) is 18.2. The van der Waals surface area contributed by atoms with Gasteiger partial charge in [0.05, 0.1) is 43.5 Å². The summed E-state index contributed by atoms with van der Waals surface area (Å²) in [7, 11) is 4.29. The summed E-state index contributed by atoms with van der Waals surface area (Å²) in [6, 6.07) is 15.2. The van der Waals surface area contributed by atoms with Crippen molar-refractivity contribution < 1.29 is 33.7 Å². The smallest absolute Gasteiger partial charge is 0.300 e. The number of Topliss-reactive ketones (excluding diaryl/α,β-unsaturated/α-hetero) is 1. The van der Waals surface area contributed by atoms with E-state index in [0.29, 0.717) is 28.4 Å². The summed E-state index contributed by atoms with van der Waals surface area (Å²) in [4.78, 5) is 39.9. The Kier molecular flexibility index (Phi) is 7.59. The number of amides is 2. The molecule has 2 N–H and O–H groups in total. The van der Waals surface area contributed by atoms with Gasteiger partial charge in [0.25, 0.3) is 11.7 Å². The molecule has 10 heteroatoms. The van der Waals surface area contributed by atoms with E-state index < -0.39 is 23.5 Å². The molecule has 1 atom stereocenters. The summed E-state index contributed by atoms with van der Waals surface area (Å²) in [5, 5.41) is 14.4. The number of nitrogens with zero attached hydrogens (tertiary/aromatic N) is 1. The number of hydrogen-bond acceptors (Lipinski definition) is 7. The minimum absolute atomic E-state index is 0.100. The SMILES string of the molecule is COc1cc(OC)c(/C(O)=C2\C(=O)C(=O)N(c3cccc(NC(C)=O)c3)C2c2ccccc2OC)cc1Cl. The summed E-state index contributed by atoms with van der Waals surface area (Å²) in [5.74, 6) is -1.69. The van der Waals surface area contributed by atoms with Gasteiger partial charge in [0.2, 0.25) is 5.91 Å². The summed E-state index contributed by atoms with van der Waals surface area (Å²) in [6.07, 6.45) is 0. The van der Waals surface area contributed by atoms with Gasteiger partial charge in [-0.3, -0.25) is 19.3 Å². The Hall–Kier alpha value is -4.50. The van der Waals surface area contributed by atoms with Crippen LogP contribution in [0.5, 0.6) is 17.2 Å². The number of rotatable bonds is 7. The number of halogens is 1. The van der Waals surface area contributed by atoms with Gasteiger partial charge in [-0.05, 0) is 30.3 Å². The van der Waals surface area contributed by atoms with Crippen molar-refractivity contribution in [2.75, 3.05) is 31.5 Å². The molecule has 38 heavy (non-hydrogen) atoms. The predicted molar refractivity (Wildman–Crippen MR) is 143 cm³/mol. The van der Waals surface area contributed by atoms with E-state index in [-0.39, 0.29) is 27.8 Å². The molecule has 1 aliphatic rings. The number of ether oxygens (including phenoxy) is 3. The predicted octanol–water partition coefficient (Wildman–Crippen LogP) is 4.95. The number of aliphatic hydroxyl groups excluding tert-OH is 1. The number of ketones is 1. The number of benzene rings is 3. The van der Waals surface area contributed by atoms with Crippen LogP contribution in [0.15, 0.2) is 66.2 Å². The van der Waals surface area contributed by atoms with Gasteiger partial charge >= 0.3 is 0 Å². The van der Waals surface area contributed by atoms with E-state index in [9.17, 15) is 19.5 Å². The van der Waals surface area contributed by atoms with Gasteiger partial charge in [0.15, 0.2) is 0 Å². The zero-order valence-corrected chi connectivity index (χ0v) is 21.8. The third-order valence-corrected chi connectivity index (χ3v) is 6.35. The summed E-state index contributed by atoms with van der Waals surface area (Å²) in [6.45, 7) is 1.36.